The van der Waals surface area contributed by atoms with E-state index in [-0.39, 0.29) is 29.8 Å². The number of anilines is 1. The van der Waals surface area contributed by atoms with Crippen LogP contribution in [0.1, 0.15) is 42.5 Å². The lowest BCUT2D eigenvalue weighted by Gasteiger charge is -2.34. The highest BCUT2D eigenvalue weighted by atomic mass is 35.5. The SMILES string of the molecule is CC[C@H](C)NC(=O)[C@@H](Cc1ccccc1)N(Cc1ccc(Cl)cc1Cl)C(=O)CN(c1cccc(C)c1)S(=O)(=O)c1ccc(C)cc1. The molecule has 0 aliphatic heterocycles. The van der Waals surface area contributed by atoms with Crippen LogP contribution in [0.5, 0.6) is 0 Å². The van der Waals surface area contributed by atoms with Crippen molar-refractivity contribution in [1.29, 1.82) is 0 Å². The van der Waals surface area contributed by atoms with Crippen molar-refractivity contribution in [2.75, 3.05) is 10.8 Å². The first-order chi connectivity index (χ1) is 21.9. The Morgan fingerprint density at radius 3 is 2.17 bits per heavy atom. The van der Waals surface area contributed by atoms with E-state index in [1.54, 1.807) is 48.5 Å². The number of nitrogens with zero attached hydrogens (tertiary/aromatic N) is 2. The molecule has 0 fully saturated rings. The number of hydrogen-bond acceptors (Lipinski definition) is 4. The van der Waals surface area contributed by atoms with Gasteiger partial charge in [-0.05, 0) is 80.3 Å². The van der Waals surface area contributed by atoms with Crippen LogP contribution in [0.25, 0.3) is 0 Å². The van der Waals surface area contributed by atoms with E-state index in [4.69, 9.17) is 23.2 Å². The van der Waals surface area contributed by atoms with E-state index >= 15 is 0 Å². The molecule has 0 aromatic heterocycles. The number of hydrogen-bond donors (Lipinski definition) is 1. The molecular weight excluding hydrogens is 641 g/mol. The fourth-order valence-electron chi connectivity index (χ4n) is 4.98. The smallest absolute Gasteiger partial charge is 0.264 e. The van der Waals surface area contributed by atoms with Crippen molar-refractivity contribution in [2.45, 2.75) is 64.1 Å². The van der Waals surface area contributed by atoms with Crippen molar-refractivity contribution < 1.29 is 18.0 Å². The molecule has 242 valence electrons. The van der Waals surface area contributed by atoms with Crippen LogP contribution in [0.3, 0.4) is 0 Å². The monoisotopic (exact) mass is 679 g/mol. The van der Waals surface area contributed by atoms with Gasteiger partial charge < -0.3 is 10.2 Å². The van der Waals surface area contributed by atoms with Crippen molar-refractivity contribution in [3.8, 4) is 0 Å². The summed E-state index contributed by atoms with van der Waals surface area (Å²) in [6.45, 7) is 6.98. The van der Waals surface area contributed by atoms with E-state index < -0.39 is 28.5 Å². The number of benzene rings is 4. The standard InChI is InChI=1S/C36H39Cl2N3O4S/c1-5-27(4)39-36(43)34(21-28-11-7-6-8-12-28)40(23-29-16-17-30(37)22-33(29)38)35(42)24-41(31-13-9-10-26(3)20-31)46(44,45)32-18-14-25(2)15-19-32/h6-20,22,27,34H,5,21,23-24H2,1-4H3,(H,39,43)/t27-,34+/m0/s1. The van der Waals surface area contributed by atoms with Gasteiger partial charge >= 0.3 is 0 Å². The Morgan fingerprint density at radius 2 is 1.54 bits per heavy atom. The molecular formula is C36H39Cl2N3O4S. The molecule has 0 heterocycles. The van der Waals surface area contributed by atoms with Gasteiger partial charge in [-0.25, -0.2) is 8.42 Å². The van der Waals surface area contributed by atoms with Gasteiger partial charge in [-0.3, -0.25) is 13.9 Å². The van der Waals surface area contributed by atoms with Crippen LogP contribution in [-0.2, 0) is 32.6 Å². The van der Waals surface area contributed by atoms with Crippen LogP contribution in [-0.4, -0.2) is 43.8 Å². The van der Waals surface area contributed by atoms with Gasteiger partial charge in [0.1, 0.15) is 12.6 Å². The van der Waals surface area contributed by atoms with Crippen LogP contribution >= 0.6 is 23.2 Å². The molecule has 0 spiro atoms. The van der Waals surface area contributed by atoms with Gasteiger partial charge in [-0.2, -0.15) is 0 Å². The first-order valence-corrected chi connectivity index (χ1v) is 17.3. The third kappa shape index (κ3) is 8.90. The lowest BCUT2D eigenvalue weighted by molar-refractivity contribution is -0.140. The van der Waals surface area contributed by atoms with Gasteiger partial charge in [0, 0.05) is 29.1 Å². The summed E-state index contributed by atoms with van der Waals surface area (Å²) >= 11 is 12.8. The fourth-order valence-corrected chi connectivity index (χ4v) is 6.85. The van der Waals surface area contributed by atoms with Crippen molar-refractivity contribution in [1.82, 2.24) is 10.2 Å². The van der Waals surface area contributed by atoms with Crippen molar-refractivity contribution >= 4 is 50.7 Å². The maximum atomic E-state index is 14.6. The molecule has 4 aromatic carbocycles. The van der Waals surface area contributed by atoms with E-state index in [1.807, 2.05) is 64.1 Å². The molecule has 0 radical (unpaired) electrons. The topological polar surface area (TPSA) is 86.8 Å². The van der Waals surface area contributed by atoms with E-state index in [0.29, 0.717) is 27.7 Å². The summed E-state index contributed by atoms with van der Waals surface area (Å²) in [6.07, 6.45) is 0.895. The lowest BCUT2D eigenvalue weighted by Crippen LogP contribution is -2.54. The van der Waals surface area contributed by atoms with Crippen molar-refractivity contribution in [3.05, 3.63) is 129 Å². The third-order valence-corrected chi connectivity index (χ3v) is 10.2. The normalized spacial score (nSPS) is 12.7. The molecule has 0 aliphatic rings. The number of sulfonamides is 1. The Kier molecular flexibility index (Phi) is 11.9. The fraction of sp³-hybridized carbons (Fsp3) is 0.278. The Balaban J connectivity index is 1.83. The summed E-state index contributed by atoms with van der Waals surface area (Å²) in [5.74, 6) is -0.913. The second-order valence-corrected chi connectivity index (χ2v) is 14.2. The summed E-state index contributed by atoms with van der Waals surface area (Å²) in [6, 6.07) is 26.7. The average molecular weight is 681 g/mol. The Morgan fingerprint density at radius 1 is 0.848 bits per heavy atom. The number of aryl methyl sites for hydroxylation is 2. The summed E-state index contributed by atoms with van der Waals surface area (Å²) in [5.41, 5.74) is 3.47. The molecule has 1 N–H and O–H groups in total. The van der Waals surface area contributed by atoms with Crippen LogP contribution < -0.4 is 9.62 Å². The number of carbonyl (C=O) groups excluding carboxylic acids is 2. The first kappa shape index (κ1) is 35.0. The number of carbonyl (C=O) groups is 2. The summed E-state index contributed by atoms with van der Waals surface area (Å²) in [5, 5.41) is 3.79. The highest BCUT2D eigenvalue weighted by molar-refractivity contribution is 7.92. The van der Waals surface area contributed by atoms with Crippen LogP contribution in [0.4, 0.5) is 5.69 Å². The van der Waals surface area contributed by atoms with Gasteiger partial charge in [0.2, 0.25) is 11.8 Å². The maximum Gasteiger partial charge on any atom is 0.264 e. The van der Waals surface area contributed by atoms with Crippen LogP contribution in [0, 0.1) is 13.8 Å². The minimum Gasteiger partial charge on any atom is -0.352 e. The molecule has 0 unspecified atom stereocenters. The number of amides is 2. The number of halogens is 2. The second kappa shape index (κ2) is 15.6. The summed E-state index contributed by atoms with van der Waals surface area (Å²) in [4.78, 5) is 30.0. The van der Waals surface area contributed by atoms with Gasteiger partial charge in [0.15, 0.2) is 0 Å². The van der Waals surface area contributed by atoms with E-state index in [2.05, 4.69) is 5.32 Å². The molecule has 2 atom stereocenters. The highest BCUT2D eigenvalue weighted by Gasteiger charge is 2.35. The van der Waals surface area contributed by atoms with Crippen molar-refractivity contribution in [3.63, 3.8) is 0 Å². The second-order valence-electron chi connectivity index (χ2n) is 11.4. The van der Waals surface area contributed by atoms with Gasteiger partial charge in [0.25, 0.3) is 10.0 Å². The zero-order chi connectivity index (χ0) is 33.4. The molecule has 46 heavy (non-hydrogen) atoms. The Bertz CT molecular complexity index is 1770. The molecule has 10 heteroatoms. The first-order valence-electron chi connectivity index (χ1n) is 15.1. The van der Waals surface area contributed by atoms with Gasteiger partial charge in [-0.1, -0.05) is 96.4 Å². The summed E-state index contributed by atoms with van der Waals surface area (Å²) < 4.78 is 29.5. The Hall–Kier alpha value is -3.85. The summed E-state index contributed by atoms with van der Waals surface area (Å²) in [7, 11) is -4.19. The van der Waals surface area contributed by atoms with Gasteiger partial charge in [0.05, 0.1) is 10.6 Å². The Labute approximate surface area is 282 Å². The minimum atomic E-state index is -4.19. The predicted octanol–water partition coefficient (Wildman–Crippen LogP) is 7.36. The molecule has 0 bridgehead atoms. The third-order valence-electron chi connectivity index (χ3n) is 7.81. The molecule has 4 rings (SSSR count). The quantitative estimate of drug-likeness (QED) is 0.160. The molecule has 0 saturated carbocycles. The van der Waals surface area contributed by atoms with Crippen LogP contribution in [0.2, 0.25) is 10.0 Å². The molecule has 4 aromatic rings. The predicted molar refractivity (Wildman–Crippen MR) is 186 cm³/mol. The van der Waals surface area contributed by atoms with Gasteiger partial charge in [-0.15, -0.1) is 0 Å². The van der Waals surface area contributed by atoms with E-state index in [1.165, 1.54) is 17.0 Å². The lowest BCUT2D eigenvalue weighted by atomic mass is 10.0. The number of nitrogens with one attached hydrogen (secondary N) is 1. The van der Waals surface area contributed by atoms with E-state index in [0.717, 1.165) is 21.0 Å². The zero-order valence-corrected chi connectivity index (χ0v) is 28.7. The average Bonchev–Trinajstić information content (AvgIpc) is 3.02. The highest BCUT2D eigenvalue weighted by Crippen LogP contribution is 2.28. The van der Waals surface area contributed by atoms with Crippen molar-refractivity contribution in [2.24, 2.45) is 0 Å². The molecule has 0 saturated heterocycles. The molecule has 7 nitrogen and oxygen atoms in total. The molecule has 2 amide bonds. The maximum absolute atomic E-state index is 14.6. The van der Waals surface area contributed by atoms with Crippen LogP contribution in [0.15, 0.2) is 102 Å². The zero-order valence-electron chi connectivity index (χ0n) is 26.4. The molecule has 0 aliphatic carbocycles. The van der Waals surface area contributed by atoms with E-state index in [9.17, 15) is 18.0 Å². The largest absolute Gasteiger partial charge is 0.352 e. The number of rotatable bonds is 13. The minimum absolute atomic E-state index is 0.0491.